The van der Waals surface area contributed by atoms with Crippen molar-refractivity contribution in [1.29, 1.82) is 0 Å². The Hall–Kier alpha value is -3.95. The highest BCUT2D eigenvalue weighted by Gasteiger charge is 2.38. The lowest BCUT2D eigenvalue weighted by molar-refractivity contribution is -0.192. The van der Waals surface area contributed by atoms with E-state index in [9.17, 15) is 18.0 Å². The second kappa shape index (κ2) is 14.6. The van der Waals surface area contributed by atoms with Crippen LogP contribution < -0.4 is 20.1 Å². The maximum Gasteiger partial charge on any atom is 0.490 e. The standard InChI is InChI=1S/C23H27ClN6O4.C2HF3O2/c1-25-23(31)17-6-3-5-16(13-17)20(22-27-28-29-30(22)7-4-8-32-2)26-14-15-11-18(24)21-19(12-15)33-9-10-34-21;3-2(4,5)1(6)7/h3,5-6,11-13,20,26H,4,7-10,14H2,1-2H3,(H,25,31);(H,6,7). The van der Waals surface area contributed by atoms with E-state index in [2.05, 4.69) is 26.2 Å². The Morgan fingerprint density at radius 1 is 1.22 bits per heavy atom. The maximum absolute atomic E-state index is 12.2. The zero-order valence-corrected chi connectivity index (χ0v) is 22.8. The van der Waals surface area contributed by atoms with Crippen LogP contribution in [0.3, 0.4) is 0 Å². The molecule has 0 aliphatic carbocycles. The molecule has 41 heavy (non-hydrogen) atoms. The van der Waals surface area contributed by atoms with Gasteiger partial charge in [0.2, 0.25) is 0 Å². The van der Waals surface area contributed by atoms with Crippen LogP contribution in [0.15, 0.2) is 36.4 Å². The number of methoxy groups -OCH3 is 1. The molecule has 4 rings (SSSR count). The number of carbonyl (C=O) groups is 2. The van der Waals surface area contributed by atoms with E-state index in [1.54, 1.807) is 24.9 Å². The summed E-state index contributed by atoms with van der Waals surface area (Å²) in [4.78, 5) is 21.1. The molecular weight excluding hydrogens is 573 g/mol. The third-order valence-electron chi connectivity index (χ3n) is 5.65. The smallest absolute Gasteiger partial charge is 0.486 e. The molecule has 1 aromatic heterocycles. The van der Waals surface area contributed by atoms with Gasteiger partial charge in [-0.1, -0.05) is 23.7 Å². The third-order valence-corrected chi connectivity index (χ3v) is 5.94. The predicted octanol–water partition coefficient (Wildman–Crippen LogP) is 3.01. The van der Waals surface area contributed by atoms with E-state index in [1.807, 2.05) is 30.3 Å². The van der Waals surface area contributed by atoms with Crippen LogP contribution in [0.2, 0.25) is 5.02 Å². The fraction of sp³-hybridized carbons (Fsp3) is 0.400. The quantitative estimate of drug-likeness (QED) is 0.296. The van der Waals surface area contributed by atoms with Crippen LogP contribution in [0.1, 0.15) is 39.8 Å². The summed E-state index contributed by atoms with van der Waals surface area (Å²) in [6.45, 7) is 2.60. The van der Waals surface area contributed by atoms with E-state index in [1.165, 1.54) is 0 Å². The minimum atomic E-state index is -5.08. The van der Waals surface area contributed by atoms with Gasteiger partial charge in [0.1, 0.15) is 13.2 Å². The number of alkyl halides is 3. The van der Waals surface area contributed by atoms with Crippen LogP contribution in [0, 0.1) is 0 Å². The van der Waals surface area contributed by atoms with Gasteiger partial charge in [0, 0.05) is 39.4 Å². The second-order valence-electron chi connectivity index (χ2n) is 8.53. The molecule has 2 aromatic carbocycles. The highest BCUT2D eigenvalue weighted by molar-refractivity contribution is 6.32. The van der Waals surface area contributed by atoms with Gasteiger partial charge >= 0.3 is 12.1 Å². The summed E-state index contributed by atoms with van der Waals surface area (Å²) < 4.78 is 50.0. The lowest BCUT2D eigenvalue weighted by Crippen LogP contribution is -2.27. The lowest BCUT2D eigenvalue weighted by atomic mass is 10.0. The Labute approximate surface area is 237 Å². The Balaban J connectivity index is 0.000000587. The van der Waals surface area contributed by atoms with E-state index in [0.29, 0.717) is 60.8 Å². The topological polar surface area (TPSA) is 150 Å². The normalized spacial score (nSPS) is 13.1. The number of carboxylic acids is 1. The van der Waals surface area contributed by atoms with Crippen LogP contribution >= 0.6 is 11.6 Å². The van der Waals surface area contributed by atoms with E-state index in [-0.39, 0.29) is 11.9 Å². The first-order valence-corrected chi connectivity index (χ1v) is 12.6. The number of halogens is 4. The first-order chi connectivity index (χ1) is 19.5. The zero-order chi connectivity index (χ0) is 30.0. The molecule has 0 spiro atoms. The first-order valence-electron chi connectivity index (χ1n) is 12.2. The second-order valence-corrected chi connectivity index (χ2v) is 8.94. The van der Waals surface area contributed by atoms with Gasteiger partial charge in [-0.05, 0) is 52.2 Å². The molecule has 1 aliphatic heterocycles. The molecule has 3 aromatic rings. The molecule has 1 aliphatic rings. The van der Waals surface area contributed by atoms with Gasteiger partial charge in [0.25, 0.3) is 5.91 Å². The van der Waals surface area contributed by atoms with Crippen LogP contribution in [0.25, 0.3) is 0 Å². The summed E-state index contributed by atoms with van der Waals surface area (Å²) in [6.07, 6.45) is -4.32. The number of amides is 1. The number of nitrogens with one attached hydrogen (secondary N) is 2. The van der Waals surface area contributed by atoms with Gasteiger partial charge in [-0.3, -0.25) is 10.1 Å². The Bertz CT molecular complexity index is 1340. The third kappa shape index (κ3) is 8.77. The molecule has 222 valence electrons. The summed E-state index contributed by atoms with van der Waals surface area (Å²) in [5.74, 6) is -1.10. The van der Waals surface area contributed by atoms with Gasteiger partial charge in [-0.2, -0.15) is 13.2 Å². The molecule has 0 radical (unpaired) electrons. The van der Waals surface area contributed by atoms with Gasteiger partial charge in [-0.15, -0.1) is 5.10 Å². The largest absolute Gasteiger partial charge is 0.490 e. The monoisotopic (exact) mass is 600 g/mol. The zero-order valence-electron chi connectivity index (χ0n) is 22.1. The SMILES string of the molecule is CNC(=O)c1cccc(C(NCc2cc(Cl)c3c(c2)OCCO3)c2nnnn2CCCOC)c1.O=C(O)C(F)(F)F. The minimum Gasteiger partial charge on any atom is -0.486 e. The molecule has 1 atom stereocenters. The number of aliphatic carboxylic acids is 1. The van der Waals surface area contributed by atoms with Crippen molar-refractivity contribution in [3.8, 4) is 11.5 Å². The molecule has 0 saturated heterocycles. The van der Waals surface area contributed by atoms with Crippen molar-refractivity contribution in [1.82, 2.24) is 30.8 Å². The number of hydrogen-bond acceptors (Lipinski definition) is 9. The number of ether oxygens (including phenoxy) is 3. The van der Waals surface area contributed by atoms with Crippen molar-refractivity contribution in [3.63, 3.8) is 0 Å². The molecule has 0 saturated carbocycles. The van der Waals surface area contributed by atoms with E-state index < -0.39 is 12.1 Å². The number of aromatic nitrogens is 4. The molecular formula is C25H28ClF3N6O6. The molecule has 1 amide bonds. The maximum atomic E-state index is 12.2. The molecule has 0 fully saturated rings. The number of aryl methyl sites for hydroxylation is 1. The average molecular weight is 601 g/mol. The van der Waals surface area contributed by atoms with Crippen LogP contribution in [0.5, 0.6) is 11.5 Å². The highest BCUT2D eigenvalue weighted by atomic mass is 35.5. The summed E-state index contributed by atoms with van der Waals surface area (Å²) in [5, 5.41) is 26.2. The number of hydrogen-bond donors (Lipinski definition) is 3. The first kappa shape index (κ1) is 31.6. The fourth-order valence-corrected chi connectivity index (χ4v) is 4.07. The Morgan fingerprint density at radius 2 is 1.95 bits per heavy atom. The molecule has 12 nitrogen and oxygen atoms in total. The average Bonchev–Trinajstić information content (AvgIpc) is 3.41. The number of tetrazole rings is 1. The molecule has 0 bridgehead atoms. The highest BCUT2D eigenvalue weighted by Crippen LogP contribution is 2.38. The van der Waals surface area contributed by atoms with Crippen molar-refractivity contribution in [2.45, 2.75) is 31.7 Å². The van der Waals surface area contributed by atoms with Gasteiger partial charge < -0.3 is 24.6 Å². The van der Waals surface area contributed by atoms with Crippen molar-refractivity contribution in [2.24, 2.45) is 0 Å². The van der Waals surface area contributed by atoms with Crippen molar-refractivity contribution in [2.75, 3.05) is 34.0 Å². The number of fused-ring (bicyclic) bond motifs is 1. The van der Waals surface area contributed by atoms with Crippen molar-refractivity contribution < 1.29 is 42.1 Å². The van der Waals surface area contributed by atoms with Crippen molar-refractivity contribution in [3.05, 3.63) is 63.9 Å². The summed E-state index contributed by atoms with van der Waals surface area (Å²) in [7, 11) is 3.26. The molecule has 2 heterocycles. The van der Waals surface area contributed by atoms with E-state index in [4.69, 9.17) is 35.7 Å². The minimum absolute atomic E-state index is 0.168. The van der Waals surface area contributed by atoms with Crippen LogP contribution in [-0.4, -0.2) is 77.3 Å². The predicted molar refractivity (Wildman–Crippen MR) is 139 cm³/mol. The van der Waals surface area contributed by atoms with Crippen molar-refractivity contribution >= 4 is 23.5 Å². The Morgan fingerprint density at radius 3 is 2.63 bits per heavy atom. The summed E-state index contributed by atoms with van der Waals surface area (Å²) in [5.41, 5.74) is 2.32. The van der Waals surface area contributed by atoms with Gasteiger partial charge in [-0.25, -0.2) is 9.48 Å². The Kier molecular flexibility index (Phi) is 11.3. The van der Waals surface area contributed by atoms with E-state index in [0.717, 1.165) is 17.5 Å². The van der Waals surface area contributed by atoms with Gasteiger partial charge in [0.05, 0.1) is 11.1 Å². The number of carboxylic acid groups (broad SMARTS) is 1. The number of benzene rings is 2. The lowest BCUT2D eigenvalue weighted by Gasteiger charge is -2.22. The van der Waals surface area contributed by atoms with Crippen LogP contribution in [0.4, 0.5) is 13.2 Å². The number of rotatable bonds is 10. The molecule has 1 unspecified atom stereocenters. The van der Waals surface area contributed by atoms with E-state index >= 15 is 0 Å². The number of nitrogens with zero attached hydrogens (tertiary/aromatic N) is 4. The molecule has 16 heteroatoms. The van der Waals surface area contributed by atoms with Crippen LogP contribution in [-0.2, 0) is 22.6 Å². The fourth-order valence-electron chi connectivity index (χ4n) is 3.78. The van der Waals surface area contributed by atoms with Gasteiger partial charge in [0.15, 0.2) is 17.3 Å². The molecule has 3 N–H and O–H groups in total. The summed E-state index contributed by atoms with van der Waals surface area (Å²) >= 11 is 6.42. The summed E-state index contributed by atoms with van der Waals surface area (Å²) in [6, 6.07) is 10.8. The number of carbonyl (C=O) groups excluding carboxylic acids is 1.